The quantitative estimate of drug-likeness (QED) is 0.580. The molecule has 1 rings (SSSR count). The van der Waals surface area contributed by atoms with E-state index in [1.807, 2.05) is 0 Å². The highest BCUT2D eigenvalue weighted by molar-refractivity contribution is 4.66. The van der Waals surface area contributed by atoms with Gasteiger partial charge in [0, 0.05) is 13.1 Å². The third-order valence-electron chi connectivity index (χ3n) is 2.07. The van der Waals surface area contributed by atoms with Gasteiger partial charge in [0.05, 0.1) is 6.67 Å². The second kappa shape index (κ2) is 3.94. The molecule has 1 saturated heterocycles. The van der Waals surface area contributed by atoms with Crippen LogP contribution in [0.2, 0.25) is 0 Å². The Morgan fingerprint density at radius 2 is 2.10 bits per heavy atom. The van der Waals surface area contributed by atoms with E-state index in [1.165, 1.54) is 39.1 Å². The zero-order chi connectivity index (χ0) is 7.40. The highest BCUT2D eigenvalue weighted by Gasteiger charge is 2.14. The van der Waals surface area contributed by atoms with Crippen LogP contribution in [-0.2, 0) is 0 Å². The number of nitrogens with zero attached hydrogens (tertiary/aromatic N) is 2. The van der Waals surface area contributed by atoms with Gasteiger partial charge in [0.1, 0.15) is 0 Å². The molecule has 0 aromatic carbocycles. The predicted molar refractivity (Wildman–Crippen MR) is 44.0 cm³/mol. The molecule has 1 fully saturated rings. The molecular weight excluding hydrogens is 124 g/mol. The minimum Gasteiger partial charge on any atom is -0.292 e. The first-order valence-electron chi connectivity index (χ1n) is 4.24. The summed E-state index contributed by atoms with van der Waals surface area (Å²) < 4.78 is 0. The third-order valence-corrected chi connectivity index (χ3v) is 2.07. The van der Waals surface area contributed by atoms with Crippen molar-refractivity contribution in [2.24, 2.45) is 0 Å². The van der Waals surface area contributed by atoms with Crippen molar-refractivity contribution in [1.82, 2.24) is 9.80 Å². The maximum absolute atomic E-state index is 2.52. The Bertz CT molecular complexity index is 93.3. The van der Waals surface area contributed by atoms with E-state index in [4.69, 9.17) is 0 Å². The molecular formula is C8H18N2. The molecule has 2 nitrogen and oxygen atoms in total. The van der Waals surface area contributed by atoms with Crippen LogP contribution in [0.25, 0.3) is 0 Å². The van der Waals surface area contributed by atoms with Gasteiger partial charge in [-0.05, 0) is 20.0 Å². The number of hydrogen-bond acceptors (Lipinski definition) is 2. The van der Waals surface area contributed by atoms with Crippen molar-refractivity contribution in [3.63, 3.8) is 0 Å². The monoisotopic (exact) mass is 142 g/mol. The van der Waals surface area contributed by atoms with E-state index >= 15 is 0 Å². The highest BCUT2D eigenvalue weighted by Crippen LogP contribution is 2.02. The normalized spacial score (nSPS) is 22.2. The molecule has 0 aromatic heterocycles. The lowest BCUT2D eigenvalue weighted by molar-refractivity contribution is 0.271. The van der Waals surface area contributed by atoms with Gasteiger partial charge in [-0.1, -0.05) is 13.3 Å². The van der Waals surface area contributed by atoms with E-state index < -0.39 is 0 Å². The maximum Gasteiger partial charge on any atom is 0.0504 e. The summed E-state index contributed by atoms with van der Waals surface area (Å²) in [5, 5.41) is 0. The standard InChI is InChI=1S/C8H18N2/c1-3-4-5-10-7-6-9(2)8-10/h3-8H2,1-2H3. The summed E-state index contributed by atoms with van der Waals surface area (Å²) in [5.41, 5.74) is 0. The van der Waals surface area contributed by atoms with Gasteiger partial charge in [0.15, 0.2) is 0 Å². The first-order chi connectivity index (χ1) is 4.83. The Hall–Kier alpha value is -0.0800. The smallest absolute Gasteiger partial charge is 0.0504 e. The lowest BCUT2D eigenvalue weighted by Gasteiger charge is -2.13. The van der Waals surface area contributed by atoms with Crippen LogP contribution in [0.3, 0.4) is 0 Å². The van der Waals surface area contributed by atoms with Crippen molar-refractivity contribution in [3.8, 4) is 0 Å². The third kappa shape index (κ3) is 2.27. The average Bonchev–Trinajstić information content (AvgIpc) is 2.31. The van der Waals surface area contributed by atoms with Crippen LogP contribution in [0, 0.1) is 0 Å². The minimum atomic E-state index is 1.18. The zero-order valence-corrected chi connectivity index (χ0v) is 7.14. The molecule has 0 bridgehead atoms. The first kappa shape index (κ1) is 8.02. The fraction of sp³-hybridized carbons (Fsp3) is 1.00. The van der Waals surface area contributed by atoms with Gasteiger partial charge in [-0.15, -0.1) is 0 Å². The zero-order valence-electron chi connectivity index (χ0n) is 7.14. The molecule has 0 atom stereocenters. The summed E-state index contributed by atoms with van der Waals surface area (Å²) in [6, 6.07) is 0. The molecule has 0 unspecified atom stereocenters. The summed E-state index contributed by atoms with van der Waals surface area (Å²) in [6.45, 7) is 7.25. The Morgan fingerprint density at radius 1 is 1.30 bits per heavy atom. The van der Waals surface area contributed by atoms with Crippen molar-refractivity contribution in [1.29, 1.82) is 0 Å². The Kier molecular flexibility index (Phi) is 3.16. The summed E-state index contributed by atoms with van der Waals surface area (Å²) in [5.74, 6) is 0. The number of unbranched alkanes of at least 4 members (excludes halogenated alkanes) is 1. The summed E-state index contributed by atoms with van der Waals surface area (Å²) in [4.78, 5) is 4.89. The van der Waals surface area contributed by atoms with E-state index in [9.17, 15) is 0 Å². The van der Waals surface area contributed by atoms with Crippen molar-refractivity contribution >= 4 is 0 Å². The van der Waals surface area contributed by atoms with E-state index in [2.05, 4.69) is 23.8 Å². The largest absolute Gasteiger partial charge is 0.292 e. The van der Waals surface area contributed by atoms with Crippen LogP contribution < -0.4 is 0 Å². The molecule has 2 heteroatoms. The molecule has 0 spiro atoms. The predicted octanol–water partition coefficient (Wildman–Crippen LogP) is 0.991. The van der Waals surface area contributed by atoms with Crippen molar-refractivity contribution in [2.75, 3.05) is 33.4 Å². The highest BCUT2D eigenvalue weighted by atomic mass is 15.4. The lowest BCUT2D eigenvalue weighted by Crippen LogP contribution is -2.23. The maximum atomic E-state index is 2.52. The Labute approximate surface area is 63.8 Å². The summed E-state index contributed by atoms with van der Waals surface area (Å²) in [7, 11) is 2.19. The summed E-state index contributed by atoms with van der Waals surface area (Å²) >= 11 is 0. The Balaban J connectivity index is 2.06. The first-order valence-corrected chi connectivity index (χ1v) is 4.24. The van der Waals surface area contributed by atoms with Gasteiger partial charge in [0.2, 0.25) is 0 Å². The number of rotatable bonds is 3. The second-order valence-corrected chi connectivity index (χ2v) is 3.19. The molecule has 0 saturated carbocycles. The van der Waals surface area contributed by atoms with Crippen molar-refractivity contribution < 1.29 is 0 Å². The fourth-order valence-electron chi connectivity index (χ4n) is 1.36. The number of likely N-dealkylation sites (N-methyl/N-ethyl adjacent to an activating group) is 1. The Morgan fingerprint density at radius 3 is 2.60 bits per heavy atom. The average molecular weight is 142 g/mol. The molecule has 1 aliphatic rings. The molecule has 10 heavy (non-hydrogen) atoms. The summed E-state index contributed by atoms with van der Waals surface area (Å²) in [6.07, 6.45) is 2.67. The van der Waals surface area contributed by atoms with E-state index in [-0.39, 0.29) is 0 Å². The van der Waals surface area contributed by atoms with Gasteiger partial charge < -0.3 is 0 Å². The van der Waals surface area contributed by atoms with Crippen LogP contribution >= 0.6 is 0 Å². The minimum absolute atomic E-state index is 1.18. The van der Waals surface area contributed by atoms with Crippen molar-refractivity contribution in [3.05, 3.63) is 0 Å². The van der Waals surface area contributed by atoms with Gasteiger partial charge >= 0.3 is 0 Å². The fourth-order valence-corrected chi connectivity index (χ4v) is 1.36. The lowest BCUT2D eigenvalue weighted by atomic mass is 10.3. The van der Waals surface area contributed by atoms with Gasteiger partial charge in [0.25, 0.3) is 0 Å². The van der Waals surface area contributed by atoms with E-state index in [0.717, 1.165) is 0 Å². The van der Waals surface area contributed by atoms with Gasteiger partial charge in [-0.2, -0.15) is 0 Å². The van der Waals surface area contributed by atoms with Crippen LogP contribution in [0.1, 0.15) is 19.8 Å². The van der Waals surface area contributed by atoms with Crippen LogP contribution in [0.5, 0.6) is 0 Å². The SMILES string of the molecule is CCCCN1CCN(C)C1. The molecule has 0 amide bonds. The van der Waals surface area contributed by atoms with E-state index in [0.29, 0.717) is 0 Å². The molecule has 1 aliphatic heterocycles. The van der Waals surface area contributed by atoms with Crippen LogP contribution in [0.15, 0.2) is 0 Å². The molecule has 0 radical (unpaired) electrons. The number of hydrogen-bond donors (Lipinski definition) is 0. The molecule has 0 N–H and O–H groups in total. The molecule has 0 aliphatic carbocycles. The molecule has 1 heterocycles. The van der Waals surface area contributed by atoms with E-state index in [1.54, 1.807) is 0 Å². The topological polar surface area (TPSA) is 6.48 Å². The van der Waals surface area contributed by atoms with Gasteiger partial charge in [-0.25, -0.2) is 0 Å². The van der Waals surface area contributed by atoms with Gasteiger partial charge in [-0.3, -0.25) is 9.80 Å². The molecule has 60 valence electrons. The van der Waals surface area contributed by atoms with Crippen LogP contribution in [-0.4, -0.2) is 43.2 Å². The van der Waals surface area contributed by atoms with Crippen LogP contribution in [0.4, 0.5) is 0 Å². The second-order valence-electron chi connectivity index (χ2n) is 3.19. The molecule has 0 aromatic rings. The van der Waals surface area contributed by atoms with Crippen molar-refractivity contribution in [2.45, 2.75) is 19.8 Å².